The number of aromatic amines is 1. The van der Waals surface area contributed by atoms with Gasteiger partial charge in [-0.3, -0.25) is 9.89 Å². The molecule has 1 aliphatic heterocycles. The van der Waals surface area contributed by atoms with E-state index in [1.165, 1.54) is 29.7 Å². The largest absolute Gasteiger partial charge is 0.336 e. The van der Waals surface area contributed by atoms with E-state index in [4.69, 9.17) is 0 Å². The lowest BCUT2D eigenvalue weighted by Crippen LogP contribution is -2.30. The number of nitrogens with zero attached hydrogens (tertiary/aromatic N) is 2. The molecule has 1 N–H and O–H groups in total. The van der Waals surface area contributed by atoms with Crippen molar-refractivity contribution in [1.29, 1.82) is 0 Å². The molecule has 0 spiro atoms. The number of rotatable bonds is 4. The molecule has 4 nitrogen and oxygen atoms in total. The maximum absolute atomic E-state index is 12.8. The summed E-state index contributed by atoms with van der Waals surface area (Å²) in [5.41, 5.74) is 5.07. The van der Waals surface area contributed by atoms with Gasteiger partial charge in [-0.25, -0.2) is 0 Å². The highest BCUT2D eigenvalue weighted by atomic mass is 16.2. The zero-order valence-corrected chi connectivity index (χ0v) is 14.1. The normalized spacial score (nSPS) is 20.2. The molecule has 126 valence electrons. The second-order valence-electron chi connectivity index (χ2n) is 6.99. The fraction of sp³-hybridized carbons (Fsp3) is 0.500. The van der Waals surface area contributed by atoms with Gasteiger partial charge in [0.1, 0.15) is 0 Å². The Labute approximate surface area is 143 Å². The van der Waals surface area contributed by atoms with Crippen molar-refractivity contribution < 1.29 is 4.79 Å². The third kappa shape index (κ3) is 2.97. The molecule has 4 heteroatoms. The smallest absolute Gasteiger partial charge is 0.223 e. The number of hydrogen-bond donors (Lipinski definition) is 1. The lowest BCUT2D eigenvalue weighted by molar-refractivity contribution is -0.132. The molecule has 0 bridgehead atoms. The number of nitrogens with one attached hydrogen (secondary N) is 1. The highest BCUT2D eigenvalue weighted by Crippen LogP contribution is 2.32. The van der Waals surface area contributed by atoms with Gasteiger partial charge >= 0.3 is 0 Å². The predicted molar refractivity (Wildman–Crippen MR) is 93.7 cm³/mol. The van der Waals surface area contributed by atoms with E-state index in [9.17, 15) is 4.79 Å². The van der Waals surface area contributed by atoms with Crippen molar-refractivity contribution in [3.05, 3.63) is 52.8 Å². The molecule has 1 aromatic heterocycles. The Morgan fingerprint density at radius 3 is 2.88 bits per heavy atom. The highest BCUT2D eigenvalue weighted by Gasteiger charge is 2.29. The average molecular weight is 323 g/mol. The monoisotopic (exact) mass is 323 g/mol. The van der Waals surface area contributed by atoms with Crippen LogP contribution in [-0.2, 0) is 24.1 Å². The summed E-state index contributed by atoms with van der Waals surface area (Å²) in [5.74, 6) is 0.272. The first kappa shape index (κ1) is 15.4. The number of fused-ring (bicyclic) bond motifs is 1. The maximum Gasteiger partial charge on any atom is 0.223 e. The van der Waals surface area contributed by atoms with Gasteiger partial charge in [-0.05, 0) is 49.7 Å². The Bertz CT molecular complexity index is 707. The summed E-state index contributed by atoms with van der Waals surface area (Å²) in [6, 6.07) is 10.7. The maximum atomic E-state index is 12.8. The molecule has 2 aliphatic rings. The summed E-state index contributed by atoms with van der Waals surface area (Å²) in [4.78, 5) is 14.9. The Balaban J connectivity index is 1.42. The van der Waals surface area contributed by atoms with Crippen LogP contribution in [0.25, 0.3) is 0 Å². The topological polar surface area (TPSA) is 49.0 Å². The molecule has 2 heterocycles. The van der Waals surface area contributed by atoms with E-state index < -0.39 is 0 Å². The van der Waals surface area contributed by atoms with Crippen molar-refractivity contribution in [2.75, 3.05) is 6.54 Å². The second-order valence-corrected chi connectivity index (χ2v) is 6.99. The highest BCUT2D eigenvalue weighted by molar-refractivity contribution is 5.77. The molecule has 0 unspecified atom stereocenters. The van der Waals surface area contributed by atoms with Crippen LogP contribution in [0.3, 0.4) is 0 Å². The fourth-order valence-electron chi connectivity index (χ4n) is 4.21. The van der Waals surface area contributed by atoms with Gasteiger partial charge in [-0.15, -0.1) is 0 Å². The predicted octanol–water partition coefficient (Wildman–Crippen LogP) is 3.58. The molecule has 1 saturated heterocycles. The number of carbonyl (C=O) groups is 1. The Morgan fingerprint density at radius 1 is 1.17 bits per heavy atom. The zero-order valence-electron chi connectivity index (χ0n) is 14.1. The summed E-state index contributed by atoms with van der Waals surface area (Å²) < 4.78 is 0. The standard InChI is InChI=1S/C20H25N3O/c24-20(13-12-18-16-9-4-5-10-17(16)21-22-18)23-14-6-11-19(23)15-7-2-1-3-8-15/h1-3,7-8,19H,4-6,9-14H2,(H,21,22)/t19-/m1/s1. The van der Waals surface area contributed by atoms with Crippen LogP contribution in [-0.4, -0.2) is 27.5 Å². The number of hydrogen-bond acceptors (Lipinski definition) is 2. The van der Waals surface area contributed by atoms with E-state index in [-0.39, 0.29) is 11.9 Å². The summed E-state index contributed by atoms with van der Waals surface area (Å²) in [7, 11) is 0. The number of aromatic nitrogens is 2. The summed E-state index contributed by atoms with van der Waals surface area (Å²) in [6.45, 7) is 0.886. The van der Waals surface area contributed by atoms with E-state index >= 15 is 0 Å². The molecule has 1 aromatic carbocycles. The Morgan fingerprint density at radius 2 is 2.00 bits per heavy atom. The van der Waals surface area contributed by atoms with Crippen molar-refractivity contribution in [2.24, 2.45) is 0 Å². The molecular formula is C20H25N3O. The van der Waals surface area contributed by atoms with E-state index in [0.717, 1.165) is 44.3 Å². The van der Waals surface area contributed by atoms with Crippen molar-refractivity contribution in [1.82, 2.24) is 15.1 Å². The molecule has 1 aliphatic carbocycles. The van der Waals surface area contributed by atoms with Crippen LogP contribution < -0.4 is 0 Å². The van der Waals surface area contributed by atoms with Crippen molar-refractivity contribution >= 4 is 5.91 Å². The second kappa shape index (κ2) is 6.80. The molecule has 1 amide bonds. The van der Waals surface area contributed by atoms with E-state index in [1.54, 1.807) is 0 Å². The summed E-state index contributed by atoms with van der Waals surface area (Å²) >= 11 is 0. The first-order valence-electron chi connectivity index (χ1n) is 9.22. The summed E-state index contributed by atoms with van der Waals surface area (Å²) in [6.07, 6.45) is 8.24. The summed E-state index contributed by atoms with van der Waals surface area (Å²) in [5, 5.41) is 7.66. The SMILES string of the molecule is O=C(CCc1n[nH]c2c1CCCC2)N1CCC[C@@H]1c1ccccc1. The number of H-pyrrole nitrogens is 1. The van der Waals surface area contributed by atoms with Gasteiger partial charge < -0.3 is 4.90 Å². The number of likely N-dealkylation sites (tertiary alicyclic amines) is 1. The molecule has 0 saturated carbocycles. The van der Waals surface area contributed by atoms with Gasteiger partial charge in [0.05, 0.1) is 11.7 Å². The minimum atomic E-state index is 0.256. The van der Waals surface area contributed by atoms with Crippen LogP contribution in [0, 0.1) is 0 Å². The number of benzene rings is 1. The van der Waals surface area contributed by atoms with Crippen molar-refractivity contribution in [3.8, 4) is 0 Å². The third-order valence-corrected chi connectivity index (χ3v) is 5.48. The Hall–Kier alpha value is -2.10. The van der Waals surface area contributed by atoms with Gasteiger partial charge in [0, 0.05) is 25.1 Å². The van der Waals surface area contributed by atoms with Crippen LogP contribution in [0.4, 0.5) is 0 Å². The quantitative estimate of drug-likeness (QED) is 0.935. The first-order valence-corrected chi connectivity index (χ1v) is 9.22. The molecule has 1 atom stereocenters. The van der Waals surface area contributed by atoms with E-state index in [2.05, 4.69) is 39.4 Å². The molecule has 1 fully saturated rings. The van der Waals surface area contributed by atoms with Crippen LogP contribution in [0.15, 0.2) is 30.3 Å². The van der Waals surface area contributed by atoms with Gasteiger partial charge in [0.2, 0.25) is 5.91 Å². The Kier molecular flexibility index (Phi) is 4.37. The molecule has 2 aromatic rings. The van der Waals surface area contributed by atoms with Crippen LogP contribution in [0.1, 0.15) is 60.7 Å². The lowest BCUT2D eigenvalue weighted by atomic mass is 9.94. The minimum absolute atomic E-state index is 0.256. The molecule has 4 rings (SSSR count). The van der Waals surface area contributed by atoms with Crippen molar-refractivity contribution in [3.63, 3.8) is 0 Å². The van der Waals surface area contributed by atoms with Crippen LogP contribution in [0.2, 0.25) is 0 Å². The average Bonchev–Trinajstić information content (AvgIpc) is 3.28. The lowest BCUT2D eigenvalue weighted by Gasteiger charge is -2.25. The van der Waals surface area contributed by atoms with E-state index in [1.807, 2.05) is 6.07 Å². The number of aryl methyl sites for hydroxylation is 2. The van der Waals surface area contributed by atoms with Crippen LogP contribution in [0.5, 0.6) is 0 Å². The molecular weight excluding hydrogens is 298 g/mol. The van der Waals surface area contributed by atoms with Crippen molar-refractivity contribution in [2.45, 2.75) is 57.4 Å². The molecule has 24 heavy (non-hydrogen) atoms. The zero-order chi connectivity index (χ0) is 16.4. The van der Waals surface area contributed by atoms with Gasteiger partial charge in [-0.1, -0.05) is 30.3 Å². The van der Waals surface area contributed by atoms with E-state index in [0.29, 0.717) is 6.42 Å². The number of carbonyl (C=O) groups excluding carboxylic acids is 1. The number of amides is 1. The fourth-order valence-corrected chi connectivity index (χ4v) is 4.21. The van der Waals surface area contributed by atoms with Gasteiger partial charge in [0.15, 0.2) is 0 Å². The van der Waals surface area contributed by atoms with Gasteiger partial charge in [-0.2, -0.15) is 5.10 Å². The first-order chi connectivity index (χ1) is 11.8. The third-order valence-electron chi connectivity index (χ3n) is 5.48. The van der Waals surface area contributed by atoms with Crippen LogP contribution >= 0.6 is 0 Å². The minimum Gasteiger partial charge on any atom is -0.336 e. The molecule has 0 radical (unpaired) electrons. The van der Waals surface area contributed by atoms with Gasteiger partial charge in [0.25, 0.3) is 0 Å².